The Morgan fingerprint density at radius 2 is 1.55 bits per heavy atom. The Labute approximate surface area is 224 Å². The molecule has 0 saturated carbocycles. The third kappa shape index (κ3) is 9.28. The molecule has 1 aliphatic heterocycles. The zero-order valence-corrected chi connectivity index (χ0v) is 23.1. The highest BCUT2D eigenvalue weighted by molar-refractivity contribution is 5.82. The number of nitrogens with one attached hydrogen (secondary N) is 2. The van der Waals surface area contributed by atoms with Gasteiger partial charge >= 0.3 is 12.2 Å². The van der Waals surface area contributed by atoms with Crippen molar-refractivity contribution in [3.05, 3.63) is 54.6 Å². The van der Waals surface area contributed by atoms with Crippen molar-refractivity contribution in [1.29, 1.82) is 0 Å². The van der Waals surface area contributed by atoms with E-state index < -0.39 is 23.4 Å². The number of hydrogen-bond donors (Lipinski definition) is 2. The highest BCUT2D eigenvalue weighted by atomic mass is 16.6. The predicted molar refractivity (Wildman–Crippen MR) is 145 cm³/mol. The molecule has 2 aromatic rings. The Bertz CT molecular complexity index is 1110. The molecule has 0 radical (unpaired) electrons. The second-order valence-corrected chi connectivity index (χ2v) is 11.3. The van der Waals surface area contributed by atoms with Gasteiger partial charge in [-0.15, -0.1) is 0 Å². The average Bonchev–Trinajstić information content (AvgIpc) is 3.23. The Hall–Kier alpha value is -3.75. The maximum Gasteiger partial charge on any atom is 0.410 e. The summed E-state index contributed by atoms with van der Waals surface area (Å²) in [6.45, 7) is 10.9. The van der Waals surface area contributed by atoms with Crippen LogP contribution in [-0.2, 0) is 14.3 Å². The van der Waals surface area contributed by atoms with E-state index in [0.29, 0.717) is 12.2 Å². The molecule has 38 heavy (non-hydrogen) atoms. The summed E-state index contributed by atoms with van der Waals surface area (Å²) < 4.78 is 16.9. The normalized spacial score (nSPS) is 17.5. The van der Waals surface area contributed by atoms with Crippen LogP contribution >= 0.6 is 0 Å². The second-order valence-electron chi connectivity index (χ2n) is 11.3. The van der Waals surface area contributed by atoms with Gasteiger partial charge in [0.05, 0.1) is 6.04 Å². The highest BCUT2D eigenvalue weighted by Gasteiger charge is 2.38. The minimum absolute atomic E-state index is 0.231. The van der Waals surface area contributed by atoms with Crippen LogP contribution in [0.4, 0.5) is 9.59 Å². The lowest BCUT2D eigenvalue weighted by atomic mass is 10.1. The fourth-order valence-electron chi connectivity index (χ4n) is 4.06. The molecule has 206 valence electrons. The monoisotopic (exact) mass is 525 g/mol. The largest absolute Gasteiger partial charge is 0.491 e. The molecule has 1 aliphatic rings. The number of likely N-dealkylation sites (tertiary alicyclic amines) is 1. The third-order valence-corrected chi connectivity index (χ3v) is 5.58. The van der Waals surface area contributed by atoms with Gasteiger partial charge in [0.25, 0.3) is 0 Å². The number of carbonyl (C=O) groups is 3. The van der Waals surface area contributed by atoms with E-state index in [9.17, 15) is 14.4 Å². The quantitative estimate of drug-likeness (QED) is 0.540. The lowest BCUT2D eigenvalue weighted by Crippen LogP contribution is -2.45. The fourth-order valence-corrected chi connectivity index (χ4v) is 4.06. The van der Waals surface area contributed by atoms with E-state index in [-0.39, 0.29) is 37.7 Å². The number of hydrogen-bond acceptors (Lipinski definition) is 6. The van der Waals surface area contributed by atoms with Crippen molar-refractivity contribution in [2.45, 2.75) is 71.2 Å². The summed E-state index contributed by atoms with van der Waals surface area (Å²) >= 11 is 0. The topological polar surface area (TPSA) is 106 Å². The number of amides is 3. The lowest BCUT2D eigenvalue weighted by molar-refractivity contribution is -0.120. The molecular formula is C29H39N3O6. The maximum atomic E-state index is 13.0. The number of carbonyl (C=O) groups excluding carboxylic acids is 3. The smallest absolute Gasteiger partial charge is 0.410 e. The Balaban J connectivity index is 1.62. The third-order valence-electron chi connectivity index (χ3n) is 5.58. The summed E-state index contributed by atoms with van der Waals surface area (Å²) in [6.07, 6.45) is -0.651. The van der Waals surface area contributed by atoms with Crippen LogP contribution in [0.1, 0.15) is 48.0 Å². The van der Waals surface area contributed by atoms with Gasteiger partial charge in [0.1, 0.15) is 30.1 Å². The minimum Gasteiger partial charge on any atom is -0.491 e. The summed E-state index contributed by atoms with van der Waals surface area (Å²) in [5, 5.41) is 5.34. The first kappa shape index (κ1) is 28.8. The molecule has 0 aromatic heterocycles. The number of nitrogens with zero attached hydrogens (tertiary/aromatic N) is 1. The van der Waals surface area contributed by atoms with Crippen molar-refractivity contribution in [2.75, 3.05) is 19.7 Å². The summed E-state index contributed by atoms with van der Waals surface area (Å²) in [7, 11) is 0. The van der Waals surface area contributed by atoms with Crippen LogP contribution in [0.15, 0.2) is 54.6 Å². The van der Waals surface area contributed by atoms with Crippen LogP contribution in [-0.4, -0.2) is 66.0 Å². The number of rotatable bonds is 7. The van der Waals surface area contributed by atoms with E-state index in [1.165, 1.54) is 0 Å². The maximum absolute atomic E-state index is 13.0. The van der Waals surface area contributed by atoms with Crippen molar-refractivity contribution >= 4 is 18.1 Å². The van der Waals surface area contributed by atoms with Gasteiger partial charge in [-0.25, -0.2) is 9.59 Å². The van der Waals surface area contributed by atoms with Gasteiger partial charge in [0.15, 0.2) is 0 Å². The molecular weight excluding hydrogens is 486 g/mol. The molecule has 1 fully saturated rings. The van der Waals surface area contributed by atoms with Crippen LogP contribution in [0.5, 0.6) is 5.75 Å². The van der Waals surface area contributed by atoms with Crippen LogP contribution in [0.25, 0.3) is 11.1 Å². The molecule has 1 heterocycles. The summed E-state index contributed by atoms with van der Waals surface area (Å²) in [5.41, 5.74) is 0.789. The molecule has 2 atom stereocenters. The van der Waals surface area contributed by atoms with Gasteiger partial charge in [0, 0.05) is 12.6 Å². The van der Waals surface area contributed by atoms with E-state index in [0.717, 1.165) is 11.1 Å². The molecule has 9 nitrogen and oxygen atoms in total. The summed E-state index contributed by atoms with van der Waals surface area (Å²) in [6, 6.07) is 17.2. The average molecular weight is 526 g/mol. The number of alkyl carbamates (subject to hydrolysis) is 1. The fraction of sp³-hybridized carbons (Fsp3) is 0.483. The van der Waals surface area contributed by atoms with Crippen LogP contribution in [0, 0.1) is 0 Å². The Kier molecular flexibility index (Phi) is 9.25. The van der Waals surface area contributed by atoms with E-state index in [1.54, 1.807) is 25.7 Å². The molecule has 0 spiro atoms. The van der Waals surface area contributed by atoms with Gasteiger partial charge < -0.3 is 24.8 Å². The number of ether oxygens (including phenoxy) is 3. The van der Waals surface area contributed by atoms with Crippen LogP contribution in [0.3, 0.4) is 0 Å². The van der Waals surface area contributed by atoms with Crippen LogP contribution in [0.2, 0.25) is 0 Å². The Morgan fingerprint density at radius 3 is 2.21 bits per heavy atom. The first-order chi connectivity index (χ1) is 17.8. The van der Waals surface area contributed by atoms with Gasteiger partial charge in [0.2, 0.25) is 5.91 Å². The van der Waals surface area contributed by atoms with E-state index in [2.05, 4.69) is 10.6 Å². The Morgan fingerprint density at radius 1 is 0.895 bits per heavy atom. The molecule has 9 heteroatoms. The van der Waals surface area contributed by atoms with Crippen LogP contribution < -0.4 is 15.4 Å². The first-order valence-electron chi connectivity index (χ1n) is 12.8. The van der Waals surface area contributed by atoms with Crippen molar-refractivity contribution in [2.24, 2.45) is 0 Å². The van der Waals surface area contributed by atoms with E-state index in [1.807, 2.05) is 75.4 Å². The van der Waals surface area contributed by atoms with Crippen molar-refractivity contribution in [3.63, 3.8) is 0 Å². The highest BCUT2D eigenvalue weighted by Crippen LogP contribution is 2.26. The van der Waals surface area contributed by atoms with Gasteiger partial charge in [-0.05, 0) is 71.2 Å². The van der Waals surface area contributed by atoms with Gasteiger partial charge in [-0.2, -0.15) is 0 Å². The zero-order valence-electron chi connectivity index (χ0n) is 23.1. The first-order valence-corrected chi connectivity index (χ1v) is 12.8. The minimum atomic E-state index is -0.668. The van der Waals surface area contributed by atoms with Gasteiger partial charge in [-0.3, -0.25) is 9.69 Å². The predicted octanol–water partition coefficient (Wildman–Crippen LogP) is 4.75. The van der Waals surface area contributed by atoms with Crippen molar-refractivity contribution < 1.29 is 28.6 Å². The second kappa shape index (κ2) is 12.2. The number of benzene rings is 2. The SMILES string of the molecule is CC(C)(C)OC(=O)NCC(=O)N[C@H]1C[C@H](COc2cccc(-c3ccccc3)c2)N(C(=O)OC(C)(C)C)C1. The molecule has 0 bridgehead atoms. The van der Waals surface area contributed by atoms with Crippen molar-refractivity contribution in [3.8, 4) is 16.9 Å². The molecule has 2 N–H and O–H groups in total. The standard InChI is InChI=1S/C29H39N3O6/c1-28(2,3)37-26(34)30-17-25(33)31-22-16-23(32(18-22)27(35)38-29(4,5)6)19-36-24-14-10-13-21(15-24)20-11-8-7-9-12-20/h7-15,22-23H,16-19H2,1-6H3,(H,30,34)(H,31,33)/t22-,23+/m0/s1. The summed E-state index contributed by atoms with van der Waals surface area (Å²) in [5.74, 6) is 0.312. The molecule has 1 saturated heterocycles. The van der Waals surface area contributed by atoms with E-state index in [4.69, 9.17) is 14.2 Å². The summed E-state index contributed by atoms with van der Waals surface area (Å²) in [4.78, 5) is 38.9. The molecule has 0 unspecified atom stereocenters. The molecule has 3 rings (SSSR count). The molecule has 2 aromatic carbocycles. The molecule has 3 amide bonds. The molecule has 0 aliphatic carbocycles. The van der Waals surface area contributed by atoms with E-state index >= 15 is 0 Å². The lowest BCUT2D eigenvalue weighted by Gasteiger charge is -2.28. The van der Waals surface area contributed by atoms with Crippen molar-refractivity contribution in [1.82, 2.24) is 15.5 Å². The van der Waals surface area contributed by atoms with Gasteiger partial charge in [-0.1, -0.05) is 42.5 Å². The zero-order chi connectivity index (χ0) is 27.9.